The molecule has 0 spiro atoms. The van der Waals surface area contributed by atoms with E-state index in [1.54, 1.807) is 18.2 Å². The summed E-state index contributed by atoms with van der Waals surface area (Å²) < 4.78 is 5.59. The highest BCUT2D eigenvalue weighted by Crippen LogP contribution is 2.18. The van der Waals surface area contributed by atoms with Gasteiger partial charge in [-0.05, 0) is 42.3 Å². The van der Waals surface area contributed by atoms with Crippen LogP contribution in [0.5, 0.6) is 5.75 Å². The second kappa shape index (κ2) is 8.60. The molecule has 118 valence electrons. The normalized spacial score (nSPS) is 9.91. The first-order valence-electron chi connectivity index (χ1n) is 7.73. The molecule has 0 saturated heterocycles. The summed E-state index contributed by atoms with van der Waals surface area (Å²) in [6.45, 7) is 2.82. The van der Waals surface area contributed by atoms with Crippen LogP contribution in [0.25, 0.3) is 0 Å². The molecule has 4 heteroatoms. The van der Waals surface area contributed by atoms with Crippen LogP contribution in [-0.4, -0.2) is 12.5 Å². The van der Waals surface area contributed by atoms with Gasteiger partial charge in [0.1, 0.15) is 5.75 Å². The van der Waals surface area contributed by atoms with Gasteiger partial charge in [-0.15, -0.1) is 0 Å². The van der Waals surface area contributed by atoms with Crippen molar-refractivity contribution in [2.24, 2.45) is 0 Å². The topological polar surface area (TPSA) is 62.1 Å². The average Bonchev–Trinajstić information content (AvgIpc) is 2.57. The van der Waals surface area contributed by atoms with Gasteiger partial charge in [0.25, 0.3) is 5.91 Å². The number of nitriles is 1. The maximum Gasteiger partial charge on any atom is 0.255 e. The van der Waals surface area contributed by atoms with Gasteiger partial charge in [0.2, 0.25) is 0 Å². The van der Waals surface area contributed by atoms with Gasteiger partial charge >= 0.3 is 0 Å². The Kier molecular flexibility index (Phi) is 6.19. The molecule has 1 amide bonds. The fourth-order valence-electron chi connectivity index (χ4n) is 2.15. The average molecular weight is 308 g/mol. The second-order valence-electron chi connectivity index (χ2n) is 5.17. The fourth-order valence-corrected chi connectivity index (χ4v) is 2.15. The monoisotopic (exact) mass is 308 g/mol. The zero-order valence-electron chi connectivity index (χ0n) is 13.2. The van der Waals surface area contributed by atoms with Gasteiger partial charge in [0.05, 0.1) is 19.1 Å². The number of amides is 1. The Morgan fingerprint density at radius 3 is 2.61 bits per heavy atom. The standard InChI is InChI=1S/C19H20N2O2/c1-2-3-14-23-17-10-8-16(9-11-17)21-19(22)18-7-5-4-6-15(18)12-13-20/h4-11H,2-3,12,14H2,1H3,(H,21,22). The van der Waals surface area contributed by atoms with Crippen molar-refractivity contribution in [3.8, 4) is 11.8 Å². The zero-order chi connectivity index (χ0) is 16.5. The Hall–Kier alpha value is -2.80. The van der Waals surface area contributed by atoms with Crippen LogP contribution < -0.4 is 10.1 Å². The summed E-state index contributed by atoms with van der Waals surface area (Å²) in [6, 6.07) is 16.5. The predicted octanol–water partition coefficient (Wildman–Crippen LogP) is 4.18. The Morgan fingerprint density at radius 2 is 1.91 bits per heavy atom. The van der Waals surface area contributed by atoms with Gasteiger partial charge < -0.3 is 10.1 Å². The molecule has 0 bridgehead atoms. The molecular weight excluding hydrogens is 288 g/mol. The van der Waals surface area contributed by atoms with Crippen LogP contribution in [0, 0.1) is 11.3 Å². The van der Waals surface area contributed by atoms with Gasteiger partial charge in [-0.2, -0.15) is 5.26 Å². The second-order valence-corrected chi connectivity index (χ2v) is 5.17. The molecule has 2 aromatic rings. The number of unbranched alkanes of at least 4 members (excludes halogenated alkanes) is 1. The molecule has 0 atom stereocenters. The van der Waals surface area contributed by atoms with E-state index in [1.165, 1.54) is 0 Å². The molecule has 0 aliphatic rings. The molecular formula is C19H20N2O2. The lowest BCUT2D eigenvalue weighted by Gasteiger charge is -2.09. The molecule has 0 saturated carbocycles. The van der Waals surface area contributed by atoms with E-state index in [4.69, 9.17) is 10.00 Å². The maximum atomic E-state index is 12.4. The number of hydrogen-bond donors (Lipinski definition) is 1. The molecule has 23 heavy (non-hydrogen) atoms. The number of rotatable bonds is 7. The molecule has 0 aliphatic carbocycles. The van der Waals surface area contributed by atoms with E-state index in [1.807, 2.05) is 30.3 Å². The number of nitrogens with one attached hydrogen (secondary N) is 1. The first-order chi connectivity index (χ1) is 11.2. The van der Waals surface area contributed by atoms with E-state index < -0.39 is 0 Å². The summed E-state index contributed by atoms with van der Waals surface area (Å²) in [4.78, 5) is 12.4. The SMILES string of the molecule is CCCCOc1ccc(NC(=O)c2ccccc2CC#N)cc1. The lowest BCUT2D eigenvalue weighted by molar-refractivity contribution is 0.102. The highest BCUT2D eigenvalue weighted by Gasteiger charge is 2.10. The number of anilines is 1. The van der Waals surface area contributed by atoms with E-state index in [0.717, 1.165) is 24.2 Å². The fraction of sp³-hybridized carbons (Fsp3) is 0.263. The van der Waals surface area contributed by atoms with Gasteiger partial charge in [-0.1, -0.05) is 31.5 Å². The van der Waals surface area contributed by atoms with Crippen LogP contribution in [-0.2, 0) is 6.42 Å². The molecule has 0 aliphatic heterocycles. The molecule has 1 N–H and O–H groups in total. The molecule has 0 fully saturated rings. The van der Waals surface area contributed by atoms with Gasteiger partial charge in [0, 0.05) is 11.3 Å². The van der Waals surface area contributed by atoms with E-state index in [-0.39, 0.29) is 12.3 Å². The molecule has 0 unspecified atom stereocenters. The highest BCUT2D eigenvalue weighted by atomic mass is 16.5. The van der Waals surface area contributed by atoms with Crippen LogP contribution in [0.15, 0.2) is 48.5 Å². The molecule has 4 nitrogen and oxygen atoms in total. The summed E-state index contributed by atoms with van der Waals surface area (Å²) in [5, 5.41) is 11.7. The predicted molar refractivity (Wildman–Crippen MR) is 90.6 cm³/mol. The van der Waals surface area contributed by atoms with Crippen LogP contribution in [0.3, 0.4) is 0 Å². The Labute approximate surface area is 136 Å². The molecule has 0 heterocycles. The van der Waals surface area contributed by atoms with E-state index in [2.05, 4.69) is 18.3 Å². The van der Waals surface area contributed by atoms with E-state index in [0.29, 0.717) is 17.9 Å². The van der Waals surface area contributed by atoms with Crippen molar-refractivity contribution in [2.45, 2.75) is 26.2 Å². The molecule has 2 rings (SSSR count). The molecule has 2 aromatic carbocycles. The Morgan fingerprint density at radius 1 is 1.17 bits per heavy atom. The number of carbonyl (C=O) groups excluding carboxylic acids is 1. The minimum absolute atomic E-state index is 0.212. The minimum atomic E-state index is -0.212. The van der Waals surface area contributed by atoms with Crippen LogP contribution in [0.4, 0.5) is 5.69 Å². The van der Waals surface area contributed by atoms with Crippen LogP contribution in [0.2, 0.25) is 0 Å². The number of carbonyl (C=O) groups is 1. The number of ether oxygens (including phenoxy) is 1. The Balaban J connectivity index is 2.02. The van der Waals surface area contributed by atoms with E-state index in [9.17, 15) is 4.79 Å². The molecule has 0 radical (unpaired) electrons. The van der Waals surface area contributed by atoms with Crippen molar-refractivity contribution in [1.29, 1.82) is 5.26 Å². The quantitative estimate of drug-likeness (QED) is 0.780. The molecule has 0 aromatic heterocycles. The summed E-state index contributed by atoms with van der Waals surface area (Å²) in [6.07, 6.45) is 2.33. The van der Waals surface area contributed by atoms with Crippen molar-refractivity contribution in [3.63, 3.8) is 0 Å². The first-order valence-corrected chi connectivity index (χ1v) is 7.73. The number of hydrogen-bond acceptors (Lipinski definition) is 3. The van der Waals surface area contributed by atoms with Gasteiger partial charge in [-0.3, -0.25) is 4.79 Å². The van der Waals surface area contributed by atoms with E-state index >= 15 is 0 Å². The maximum absolute atomic E-state index is 12.4. The summed E-state index contributed by atoms with van der Waals surface area (Å²) in [5.74, 6) is 0.580. The van der Waals surface area contributed by atoms with Crippen molar-refractivity contribution < 1.29 is 9.53 Å². The van der Waals surface area contributed by atoms with Crippen LogP contribution in [0.1, 0.15) is 35.7 Å². The number of nitrogens with zero attached hydrogens (tertiary/aromatic N) is 1. The zero-order valence-corrected chi connectivity index (χ0v) is 13.2. The van der Waals surface area contributed by atoms with Crippen molar-refractivity contribution in [1.82, 2.24) is 0 Å². The largest absolute Gasteiger partial charge is 0.494 e. The van der Waals surface area contributed by atoms with Gasteiger partial charge in [0.15, 0.2) is 0 Å². The summed E-state index contributed by atoms with van der Waals surface area (Å²) in [5.41, 5.74) is 1.95. The van der Waals surface area contributed by atoms with Crippen molar-refractivity contribution in [2.75, 3.05) is 11.9 Å². The Bertz CT molecular complexity index is 687. The lowest BCUT2D eigenvalue weighted by atomic mass is 10.0. The minimum Gasteiger partial charge on any atom is -0.494 e. The number of benzene rings is 2. The smallest absolute Gasteiger partial charge is 0.255 e. The third-order valence-corrected chi connectivity index (χ3v) is 3.41. The summed E-state index contributed by atoms with van der Waals surface area (Å²) in [7, 11) is 0. The third-order valence-electron chi connectivity index (χ3n) is 3.41. The van der Waals surface area contributed by atoms with Crippen LogP contribution >= 0.6 is 0 Å². The summed E-state index contributed by atoms with van der Waals surface area (Å²) >= 11 is 0. The lowest BCUT2D eigenvalue weighted by Crippen LogP contribution is -2.14. The van der Waals surface area contributed by atoms with Crippen molar-refractivity contribution >= 4 is 11.6 Å². The first kappa shape index (κ1) is 16.6. The third kappa shape index (κ3) is 4.86. The van der Waals surface area contributed by atoms with Gasteiger partial charge in [-0.25, -0.2) is 0 Å². The van der Waals surface area contributed by atoms with Crippen molar-refractivity contribution in [3.05, 3.63) is 59.7 Å². The highest BCUT2D eigenvalue weighted by molar-refractivity contribution is 6.05.